The van der Waals surface area contributed by atoms with Crippen molar-refractivity contribution < 1.29 is 18.3 Å². The molecule has 2 fully saturated rings. The molecule has 0 saturated heterocycles. The summed E-state index contributed by atoms with van der Waals surface area (Å²) in [5.41, 5.74) is 0.900. The summed E-state index contributed by atoms with van der Waals surface area (Å²) in [6.07, 6.45) is 9.82. The maximum atomic E-state index is 14.9. The second-order valence-corrected chi connectivity index (χ2v) is 9.08. The van der Waals surface area contributed by atoms with Crippen LogP contribution in [0.3, 0.4) is 0 Å². The van der Waals surface area contributed by atoms with Gasteiger partial charge in [-0.25, -0.2) is 13.6 Å². The van der Waals surface area contributed by atoms with Crippen LogP contribution in [0.25, 0.3) is 0 Å². The first kappa shape index (κ1) is 21.0. The first-order valence-corrected chi connectivity index (χ1v) is 11.3. The number of ether oxygens (including phenoxy) is 1. The van der Waals surface area contributed by atoms with Crippen molar-refractivity contribution in [2.45, 2.75) is 64.2 Å². The van der Waals surface area contributed by atoms with E-state index in [1.54, 1.807) is 12.1 Å². The third kappa shape index (κ3) is 4.74. The van der Waals surface area contributed by atoms with Crippen molar-refractivity contribution in [3.63, 3.8) is 0 Å². The predicted octanol–water partition coefficient (Wildman–Crippen LogP) is 7.28. The van der Waals surface area contributed by atoms with Gasteiger partial charge in [0, 0.05) is 0 Å². The van der Waals surface area contributed by atoms with Gasteiger partial charge in [0.15, 0.2) is 0 Å². The Balaban J connectivity index is 1.40. The molecule has 4 atom stereocenters. The highest BCUT2D eigenvalue weighted by Gasteiger charge is 2.36. The van der Waals surface area contributed by atoms with Crippen LogP contribution in [0.1, 0.15) is 80.1 Å². The van der Waals surface area contributed by atoms with Gasteiger partial charge in [-0.05, 0) is 97.7 Å². The molecular formula is C26H30F2O2. The minimum atomic E-state index is -0.634. The zero-order valence-corrected chi connectivity index (χ0v) is 17.6. The lowest BCUT2D eigenvalue weighted by molar-refractivity contribution is 0.0734. The average Bonchev–Trinajstić information content (AvgIpc) is 2.75. The Morgan fingerprint density at radius 3 is 2.43 bits per heavy atom. The van der Waals surface area contributed by atoms with Gasteiger partial charge in [0.2, 0.25) is 0 Å². The van der Waals surface area contributed by atoms with Gasteiger partial charge in [0.25, 0.3) is 0 Å². The smallest absolute Gasteiger partial charge is 0.343 e. The van der Waals surface area contributed by atoms with E-state index in [9.17, 15) is 13.6 Å². The summed E-state index contributed by atoms with van der Waals surface area (Å²) in [5, 5.41) is 0. The first-order chi connectivity index (χ1) is 14.5. The maximum Gasteiger partial charge on any atom is 0.343 e. The third-order valence-corrected chi connectivity index (χ3v) is 7.12. The molecule has 2 aliphatic rings. The largest absolute Gasteiger partial charge is 0.423 e. The Kier molecular flexibility index (Phi) is 6.50. The highest BCUT2D eigenvalue weighted by Crippen LogP contribution is 2.48. The summed E-state index contributed by atoms with van der Waals surface area (Å²) in [6.45, 7) is 2.27. The summed E-state index contributed by atoms with van der Waals surface area (Å²) in [7, 11) is 0. The molecule has 30 heavy (non-hydrogen) atoms. The maximum absolute atomic E-state index is 14.9. The van der Waals surface area contributed by atoms with Gasteiger partial charge in [-0.1, -0.05) is 32.3 Å². The monoisotopic (exact) mass is 412 g/mol. The van der Waals surface area contributed by atoms with Gasteiger partial charge in [-0.15, -0.1) is 0 Å². The Hall–Kier alpha value is -2.23. The molecule has 4 heteroatoms. The molecule has 2 saturated carbocycles. The number of halogens is 2. The Bertz CT molecular complexity index is 877. The predicted molar refractivity (Wildman–Crippen MR) is 114 cm³/mol. The van der Waals surface area contributed by atoms with Crippen molar-refractivity contribution in [3.05, 3.63) is 65.2 Å². The number of esters is 1. The number of carbonyl (C=O) groups is 1. The molecule has 4 rings (SSSR count). The molecule has 0 spiro atoms. The molecule has 0 N–H and O–H groups in total. The molecule has 2 aromatic rings. The fourth-order valence-corrected chi connectivity index (χ4v) is 5.59. The molecule has 2 aliphatic carbocycles. The van der Waals surface area contributed by atoms with Crippen LogP contribution in [0.5, 0.6) is 5.75 Å². The van der Waals surface area contributed by atoms with Gasteiger partial charge in [0.05, 0.1) is 5.56 Å². The molecule has 0 amide bonds. The molecule has 160 valence electrons. The molecule has 0 aliphatic heterocycles. The van der Waals surface area contributed by atoms with Gasteiger partial charge in [-0.2, -0.15) is 0 Å². The van der Waals surface area contributed by atoms with E-state index in [2.05, 4.69) is 6.92 Å². The number of fused-ring (bicyclic) bond motifs is 1. The Morgan fingerprint density at radius 2 is 1.70 bits per heavy atom. The standard InChI is InChI=1S/C26H30F2O2/c1-2-3-17-4-5-19-15-20(7-6-18(19)14-17)24-13-8-21(16-25(24)28)26(29)30-23-11-9-22(27)10-12-23/h8-13,16-20H,2-7,14-15H2,1H3/t17-,18-,19+,20?/m0/s1. The van der Waals surface area contributed by atoms with Crippen LogP contribution in [-0.4, -0.2) is 5.97 Å². The molecule has 0 bridgehead atoms. The van der Waals surface area contributed by atoms with Crippen LogP contribution in [0.15, 0.2) is 42.5 Å². The van der Waals surface area contributed by atoms with Crippen molar-refractivity contribution in [3.8, 4) is 5.75 Å². The van der Waals surface area contributed by atoms with E-state index in [1.807, 2.05) is 0 Å². The summed E-state index contributed by atoms with van der Waals surface area (Å²) in [5.74, 6) is 1.50. The highest BCUT2D eigenvalue weighted by atomic mass is 19.1. The van der Waals surface area contributed by atoms with E-state index in [4.69, 9.17) is 4.74 Å². The van der Waals surface area contributed by atoms with Crippen LogP contribution >= 0.6 is 0 Å². The van der Waals surface area contributed by atoms with Crippen LogP contribution in [0.2, 0.25) is 0 Å². The van der Waals surface area contributed by atoms with Crippen LogP contribution in [0.4, 0.5) is 8.78 Å². The molecule has 0 radical (unpaired) electrons. The molecule has 1 unspecified atom stereocenters. The average molecular weight is 413 g/mol. The quantitative estimate of drug-likeness (QED) is 0.381. The van der Waals surface area contributed by atoms with Crippen molar-refractivity contribution >= 4 is 5.97 Å². The Labute approximate surface area is 177 Å². The van der Waals surface area contributed by atoms with E-state index in [-0.39, 0.29) is 23.0 Å². The lowest BCUT2D eigenvalue weighted by atomic mass is 9.63. The normalized spacial score (nSPS) is 26.1. The summed E-state index contributed by atoms with van der Waals surface area (Å²) in [4.78, 5) is 12.3. The number of carbonyl (C=O) groups excluding carboxylic acids is 1. The lowest BCUT2D eigenvalue weighted by Gasteiger charge is -2.42. The zero-order valence-electron chi connectivity index (χ0n) is 17.6. The van der Waals surface area contributed by atoms with Gasteiger partial charge >= 0.3 is 5.97 Å². The third-order valence-electron chi connectivity index (χ3n) is 7.12. The summed E-state index contributed by atoms with van der Waals surface area (Å²) >= 11 is 0. The summed E-state index contributed by atoms with van der Waals surface area (Å²) in [6, 6.07) is 9.89. The molecule has 2 nitrogen and oxygen atoms in total. The number of hydrogen-bond donors (Lipinski definition) is 0. The second-order valence-electron chi connectivity index (χ2n) is 9.08. The van der Waals surface area contributed by atoms with Gasteiger partial charge in [0.1, 0.15) is 17.4 Å². The Morgan fingerprint density at radius 1 is 0.967 bits per heavy atom. The van der Waals surface area contributed by atoms with Crippen molar-refractivity contribution in [1.29, 1.82) is 0 Å². The SMILES string of the molecule is CCC[C@H]1CC[C@@H]2CC(c3ccc(C(=O)Oc4ccc(F)cc4)cc3F)CC[C@H]2C1. The molecule has 0 heterocycles. The van der Waals surface area contributed by atoms with Crippen molar-refractivity contribution in [1.82, 2.24) is 0 Å². The van der Waals surface area contributed by atoms with E-state index in [0.717, 1.165) is 30.2 Å². The molecular weight excluding hydrogens is 382 g/mol. The minimum Gasteiger partial charge on any atom is -0.423 e. The zero-order chi connectivity index (χ0) is 21.1. The van der Waals surface area contributed by atoms with Crippen LogP contribution in [0, 0.1) is 29.4 Å². The van der Waals surface area contributed by atoms with E-state index < -0.39 is 11.8 Å². The lowest BCUT2D eigenvalue weighted by Crippen LogP contribution is -2.30. The van der Waals surface area contributed by atoms with Gasteiger partial charge < -0.3 is 4.74 Å². The van der Waals surface area contributed by atoms with Gasteiger partial charge in [-0.3, -0.25) is 0 Å². The van der Waals surface area contributed by atoms with E-state index in [1.165, 1.54) is 68.9 Å². The fraction of sp³-hybridized carbons (Fsp3) is 0.500. The number of rotatable bonds is 5. The second kappa shape index (κ2) is 9.28. The number of benzene rings is 2. The first-order valence-electron chi connectivity index (χ1n) is 11.3. The topological polar surface area (TPSA) is 26.3 Å². The van der Waals surface area contributed by atoms with Crippen molar-refractivity contribution in [2.24, 2.45) is 17.8 Å². The summed E-state index contributed by atoms with van der Waals surface area (Å²) < 4.78 is 33.1. The highest BCUT2D eigenvalue weighted by molar-refractivity contribution is 5.91. The molecule has 2 aromatic carbocycles. The minimum absolute atomic E-state index is 0.175. The van der Waals surface area contributed by atoms with E-state index in [0.29, 0.717) is 5.92 Å². The van der Waals surface area contributed by atoms with Crippen molar-refractivity contribution in [2.75, 3.05) is 0 Å². The van der Waals surface area contributed by atoms with Crippen LogP contribution in [-0.2, 0) is 0 Å². The van der Waals surface area contributed by atoms with E-state index >= 15 is 0 Å². The number of hydrogen-bond acceptors (Lipinski definition) is 2. The van der Waals surface area contributed by atoms with Crippen LogP contribution < -0.4 is 4.74 Å². The molecule has 0 aromatic heterocycles. The fourth-order valence-electron chi connectivity index (χ4n) is 5.59.